The molecule has 1 heterocycles. The van der Waals surface area contributed by atoms with Gasteiger partial charge in [-0.15, -0.1) is 0 Å². The molecule has 2 amide bonds. The molecule has 5 nitrogen and oxygen atoms in total. The predicted octanol–water partition coefficient (Wildman–Crippen LogP) is 2.37. The Hall–Kier alpha value is -2.96. The summed E-state index contributed by atoms with van der Waals surface area (Å²) in [6.45, 7) is 0.450. The summed E-state index contributed by atoms with van der Waals surface area (Å²) in [5, 5.41) is 11.9. The van der Waals surface area contributed by atoms with Gasteiger partial charge in [-0.3, -0.25) is 9.59 Å². The van der Waals surface area contributed by atoms with Gasteiger partial charge in [-0.2, -0.15) is 0 Å². The molecule has 0 aliphatic carbocycles. The van der Waals surface area contributed by atoms with Crippen molar-refractivity contribution in [1.29, 1.82) is 0 Å². The minimum Gasteiger partial charge on any atom is -0.503 e. The Balaban J connectivity index is 1.99. The molecule has 0 unspecified atom stereocenters. The van der Waals surface area contributed by atoms with E-state index in [9.17, 15) is 23.5 Å². The number of rotatable bonds is 2. The summed E-state index contributed by atoms with van der Waals surface area (Å²) in [4.78, 5) is 26.2. The van der Waals surface area contributed by atoms with E-state index in [-0.39, 0.29) is 31.0 Å². The molecule has 2 N–H and O–H groups in total. The maximum absolute atomic E-state index is 13.6. The van der Waals surface area contributed by atoms with Gasteiger partial charge in [0.15, 0.2) is 17.4 Å². The number of phenolic OH excluding ortho intramolecular Hbond substituents is 1. The fourth-order valence-corrected chi connectivity index (χ4v) is 2.90. The van der Waals surface area contributed by atoms with Crippen molar-refractivity contribution in [1.82, 2.24) is 10.2 Å². The topological polar surface area (TPSA) is 69.6 Å². The number of phenols is 1. The number of carbonyl (C=O) groups excluding carboxylic acids is 2. The first kappa shape index (κ1) is 16.9. The van der Waals surface area contributed by atoms with Gasteiger partial charge in [0.2, 0.25) is 5.91 Å². The molecule has 0 aromatic heterocycles. The van der Waals surface area contributed by atoms with Crippen LogP contribution in [0.3, 0.4) is 0 Å². The first-order valence-corrected chi connectivity index (χ1v) is 7.78. The third kappa shape index (κ3) is 3.45. The van der Waals surface area contributed by atoms with Crippen LogP contribution in [0.25, 0.3) is 0 Å². The Bertz CT molecular complexity index is 788. The summed E-state index contributed by atoms with van der Waals surface area (Å²) in [5.41, 5.74) is 0.538. The van der Waals surface area contributed by atoms with Crippen LogP contribution in [0.15, 0.2) is 42.5 Å². The summed E-state index contributed by atoms with van der Waals surface area (Å²) < 4.78 is 27.2. The van der Waals surface area contributed by atoms with E-state index >= 15 is 0 Å². The van der Waals surface area contributed by atoms with E-state index in [2.05, 4.69) is 5.32 Å². The van der Waals surface area contributed by atoms with Crippen LogP contribution in [0.2, 0.25) is 0 Å². The van der Waals surface area contributed by atoms with Crippen molar-refractivity contribution in [3.05, 3.63) is 65.2 Å². The fourth-order valence-electron chi connectivity index (χ4n) is 2.90. The van der Waals surface area contributed by atoms with E-state index in [1.807, 2.05) is 6.07 Å². The third-order valence-electron chi connectivity index (χ3n) is 4.14. The molecule has 25 heavy (non-hydrogen) atoms. The maximum Gasteiger partial charge on any atom is 0.254 e. The number of hydrogen-bond donors (Lipinski definition) is 2. The van der Waals surface area contributed by atoms with Crippen LogP contribution in [0.1, 0.15) is 28.4 Å². The van der Waals surface area contributed by atoms with Crippen molar-refractivity contribution in [2.75, 3.05) is 13.1 Å². The number of carbonyl (C=O) groups is 2. The van der Waals surface area contributed by atoms with Gasteiger partial charge >= 0.3 is 0 Å². The van der Waals surface area contributed by atoms with E-state index in [0.29, 0.717) is 0 Å². The van der Waals surface area contributed by atoms with Crippen LogP contribution in [0, 0.1) is 11.6 Å². The zero-order valence-electron chi connectivity index (χ0n) is 13.2. The number of nitrogens with one attached hydrogen (secondary N) is 1. The molecule has 2 aromatic carbocycles. The molecule has 130 valence electrons. The summed E-state index contributed by atoms with van der Waals surface area (Å²) in [6.07, 6.45) is 0.0544. The second kappa shape index (κ2) is 6.88. The quantitative estimate of drug-likeness (QED) is 0.877. The Morgan fingerprint density at radius 3 is 2.44 bits per heavy atom. The second-order valence-corrected chi connectivity index (χ2v) is 5.77. The van der Waals surface area contributed by atoms with E-state index < -0.39 is 29.3 Å². The first-order valence-electron chi connectivity index (χ1n) is 7.78. The van der Waals surface area contributed by atoms with E-state index in [1.54, 1.807) is 24.3 Å². The monoisotopic (exact) mass is 346 g/mol. The molecule has 0 radical (unpaired) electrons. The molecule has 1 aliphatic rings. The Morgan fingerprint density at radius 1 is 1.16 bits per heavy atom. The molecule has 0 spiro atoms. The molecule has 1 aliphatic heterocycles. The summed E-state index contributed by atoms with van der Waals surface area (Å²) in [5.74, 6) is -4.34. The zero-order valence-corrected chi connectivity index (χ0v) is 13.2. The molecule has 0 bridgehead atoms. The molecule has 2 aromatic rings. The normalized spacial score (nSPS) is 17.8. The van der Waals surface area contributed by atoms with Gasteiger partial charge in [-0.25, -0.2) is 8.78 Å². The lowest BCUT2D eigenvalue weighted by molar-refractivity contribution is -0.121. The number of nitrogens with zero attached hydrogens (tertiary/aromatic N) is 1. The van der Waals surface area contributed by atoms with Crippen molar-refractivity contribution in [2.45, 2.75) is 12.5 Å². The summed E-state index contributed by atoms with van der Waals surface area (Å²) in [6, 6.07) is 10.0. The minimum absolute atomic E-state index is 0.0544. The van der Waals surface area contributed by atoms with Crippen molar-refractivity contribution >= 4 is 11.8 Å². The van der Waals surface area contributed by atoms with Gasteiger partial charge in [-0.05, 0) is 17.7 Å². The average molecular weight is 346 g/mol. The predicted molar refractivity (Wildman–Crippen MR) is 85.9 cm³/mol. The Kier molecular flexibility index (Phi) is 4.65. The zero-order chi connectivity index (χ0) is 18.0. The van der Waals surface area contributed by atoms with Crippen LogP contribution in [-0.2, 0) is 4.79 Å². The molecule has 3 rings (SSSR count). The molecule has 1 fully saturated rings. The smallest absolute Gasteiger partial charge is 0.254 e. The number of halogens is 2. The van der Waals surface area contributed by atoms with Gasteiger partial charge in [0, 0.05) is 18.7 Å². The van der Waals surface area contributed by atoms with Gasteiger partial charge in [0.25, 0.3) is 5.91 Å². The lowest BCUT2D eigenvalue weighted by Crippen LogP contribution is -2.36. The highest BCUT2D eigenvalue weighted by Gasteiger charge is 2.31. The van der Waals surface area contributed by atoms with Crippen molar-refractivity contribution in [3.8, 4) is 5.75 Å². The highest BCUT2D eigenvalue weighted by atomic mass is 19.1. The van der Waals surface area contributed by atoms with Crippen LogP contribution in [0.4, 0.5) is 8.78 Å². The van der Waals surface area contributed by atoms with Crippen molar-refractivity contribution in [2.24, 2.45) is 0 Å². The van der Waals surface area contributed by atoms with Crippen molar-refractivity contribution in [3.63, 3.8) is 0 Å². The lowest BCUT2D eigenvalue weighted by atomic mass is 10.0. The maximum atomic E-state index is 13.6. The molecule has 0 saturated carbocycles. The van der Waals surface area contributed by atoms with Crippen LogP contribution < -0.4 is 5.32 Å². The van der Waals surface area contributed by atoms with E-state index in [4.69, 9.17) is 0 Å². The second-order valence-electron chi connectivity index (χ2n) is 5.77. The first-order chi connectivity index (χ1) is 12.0. The molecule has 1 atom stereocenters. The van der Waals surface area contributed by atoms with Gasteiger partial charge in [0.05, 0.1) is 12.5 Å². The number of benzene rings is 2. The van der Waals surface area contributed by atoms with Crippen molar-refractivity contribution < 1.29 is 23.5 Å². The average Bonchev–Trinajstić information content (AvgIpc) is 2.81. The van der Waals surface area contributed by atoms with Crippen LogP contribution in [0.5, 0.6) is 5.75 Å². The third-order valence-corrected chi connectivity index (χ3v) is 4.14. The highest BCUT2D eigenvalue weighted by molar-refractivity contribution is 5.95. The Morgan fingerprint density at radius 2 is 1.80 bits per heavy atom. The fraction of sp³-hybridized carbons (Fsp3) is 0.222. The van der Waals surface area contributed by atoms with Crippen LogP contribution >= 0.6 is 0 Å². The summed E-state index contributed by atoms with van der Waals surface area (Å²) in [7, 11) is 0. The van der Waals surface area contributed by atoms with Gasteiger partial charge in [0.1, 0.15) is 0 Å². The SMILES string of the molecule is O=C1C[C@H](c2ccccc2)N(C(=O)c2cc(F)c(O)c(F)c2)CCN1. The number of aromatic hydroxyl groups is 1. The minimum atomic E-state index is -1.20. The molecular weight excluding hydrogens is 330 g/mol. The Labute approximate surface area is 142 Å². The molecule has 7 heteroatoms. The van der Waals surface area contributed by atoms with Gasteiger partial charge in [-0.1, -0.05) is 30.3 Å². The van der Waals surface area contributed by atoms with Gasteiger partial charge < -0.3 is 15.3 Å². The number of amides is 2. The largest absolute Gasteiger partial charge is 0.503 e. The standard InChI is InChI=1S/C18H16F2N2O3/c19-13-8-12(9-14(20)17(13)24)18(25)22-7-6-21-16(23)10-15(22)11-4-2-1-3-5-11/h1-5,8-9,15,24H,6-7,10H2,(H,21,23)/t15-/m1/s1. The summed E-state index contributed by atoms with van der Waals surface area (Å²) >= 11 is 0. The lowest BCUT2D eigenvalue weighted by Gasteiger charge is -2.29. The van der Waals surface area contributed by atoms with E-state index in [1.165, 1.54) is 4.90 Å². The molecular formula is C18H16F2N2O3. The molecule has 1 saturated heterocycles. The highest BCUT2D eigenvalue weighted by Crippen LogP contribution is 2.29. The van der Waals surface area contributed by atoms with Crippen LogP contribution in [-0.4, -0.2) is 34.9 Å². The number of hydrogen-bond acceptors (Lipinski definition) is 3. The van der Waals surface area contributed by atoms with E-state index in [0.717, 1.165) is 17.7 Å².